The SMILES string of the molecule is O=C(c1n[nH]c(=O)[nH]1)N1CCCC1CC(O)c1ccccc1. The summed E-state index contributed by atoms with van der Waals surface area (Å²) in [5, 5.41) is 16.2. The van der Waals surface area contributed by atoms with E-state index in [0.717, 1.165) is 18.4 Å². The van der Waals surface area contributed by atoms with Crippen molar-refractivity contribution in [2.75, 3.05) is 6.54 Å². The van der Waals surface area contributed by atoms with Crippen LogP contribution in [0.2, 0.25) is 0 Å². The van der Waals surface area contributed by atoms with Gasteiger partial charge < -0.3 is 10.0 Å². The third-order valence-electron chi connectivity index (χ3n) is 4.02. The molecule has 1 saturated heterocycles. The van der Waals surface area contributed by atoms with E-state index in [1.54, 1.807) is 4.90 Å². The Balaban J connectivity index is 1.71. The molecule has 116 valence electrons. The van der Waals surface area contributed by atoms with E-state index in [-0.39, 0.29) is 17.8 Å². The predicted octanol–water partition coefficient (Wildman–Crippen LogP) is 0.826. The fraction of sp³-hybridized carbons (Fsp3) is 0.400. The number of nitrogens with one attached hydrogen (secondary N) is 2. The van der Waals surface area contributed by atoms with Gasteiger partial charge in [-0.3, -0.25) is 9.78 Å². The number of likely N-dealkylation sites (tertiary alicyclic amines) is 1. The average molecular weight is 302 g/mol. The Hall–Kier alpha value is -2.41. The van der Waals surface area contributed by atoms with E-state index in [9.17, 15) is 14.7 Å². The van der Waals surface area contributed by atoms with Crippen LogP contribution >= 0.6 is 0 Å². The summed E-state index contributed by atoms with van der Waals surface area (Å²) < 4.78 is 0. The van der Waals surface area contributed by atoms with Crippen molar-refractivity contribution in [3.8, 4) is 0 Å². The number of aliphatic hydroxyl groups is 1. The standard InChI is InChI=1S/C15H18N4O3/c20-12(10-5-2-1-3-6-10)9-11-7-4-8-19(11)14(21)13-16-15(22)18-17-13/h1-3,5-6,11-12,20H,4,7-9H2,(H2,16,17,18,22). The van der Waals surface area contributed by atoms with Crippen LogP contribution in [0.15, 0.2) is 35.1 Å². The van der Waals surface area contributed by atoms with Crippen LogP contribution < -0.4 is 5.69 Å². The minimum atomic E-state index is -0.613. The number of amides is 1. The van der Waals surface area contributed by atoms with Crippen LogP contribution in [0.1, 0.15) is 41.5 Å². The van der Waals surface area contributed by atoms with Gasteiger partial charge in [-0.2, -0.15) is 0 Å². The molecule has 1 amide bonds. The van der Waals surface area contributed by atoms with Crippen molar-refractivity contribution < 1.29 is 9.90 Å². The van der Waals surface area contributed by atoms with Gasteiger partial charge in [0.2, 0.25) is 5.82 Å². The van der Waals surface area contributed by atoms with Crippen LogP contribution in [0, 0.1) is 0 Å². The van der Waals surface area contributed by atoms with Crippen LogP contribution in [-0.4, -0.2) is 43.7 Å². The molecule has 3 N–H and O–H groups in total. The van der Waals surface area contributed by atoms with Crippen molar-refractivity contribution in [3.05, 3.63) is 52.2 Å². The van der Waals surface area contributed by atoms with E-state index in [0.29, 0.717) is 13.0 Å². The lowest BCUT2D eigenvalue weighted by Gasteiger charge is -2.25. The zero-order valence-electron chi connectivity index (χ0n) is 12.0. The average Bonchev–Trinajstić information content (AvgIpc) is 3.16. The number of carbonyl (C=O) groups is 1. The maximum Gasteiger partial charge on any atom is 0.341 e. The Morgan fingerprint density at radius 1 is 1.41 bits per heavy atom. The van der Waals surface area contributed by atoms with Crippen LogP contribution in [0.5, 0.6) is 0 Å². The lowest BCUT2D eigenvalue weighted by atomic mass is 10.0. The molecule has 0 spiro atoms. The number of rotatable bonds is 4. The third kappa shape index (κ3) is 2.94. The summed E-state index contributed by atoms with van der Waals surface area (Å²) >= 11 is 0. The van der Waals surface area contributed by atoms with Crippen LogP contribution in [-0.2, 0) is 0 Å². The third-order valence-corrected chi connectivity index (χ3v) is 4.02. The molecular formula is C15H18N4O3. The van der Waals surface area contributed by atoms with Crippen LogP contribution in [0.4, 0.5) is 0 Å². The normalized spacial score (nSPS) is 19.3. The summed E-state index contributed by atoms with van der Waals surface area (Å²) in [4.78, 5) is 27.5. The van der Waals surface area contributed by atoms with Gasteiger partial charge in [0.25, 0.3) is 5.91 Å². The molecule has 1 aromatic heterocycles. The number of aromatic nitrogens is 3. The van der Waals surface area contributed by atoms with Gasteiger partial charge in [-0.05, 0) is 24.8 Å². The molecule has 7 heteroatoms. The number of aliphatic hydroxyl groups excluding tert-OH is 1. The zero-order valence-corrected chi connectivity index (χ0v) is 12.0. The first kappa shape index (κ1) is 14.5. The smallest absolute Gasteiger partial charge is 0.341 e. The molecule has 1 aromatic carbocycles. The first-order chi connectivity index (χ1) is 10.6. The fourth-order valence-electron chi connectivity index (χ4n) is 2.92. The van der Waals surface area contributed by atoms with E-state index in [1.807, 2.05) is 30.3 Å². The molecule has 1 fully saturated rings. The predicted molar refractivity (Wildman–Crippen MR) is 79.3 cm³/mol. The molecule has 1 aliphatic rings. The minimum absolute atomic E-state index is 0.0195. The molecule has 1 aliphatic heterocycles. The molecule has 2 unspecified atom stereocenters. The van der Waals surface area contributed by atoms with Gasteiger partial charge in [0.05, 0.1) is 6.10 Å². The summed E-state index contributed by atoms with van der Waals surface area (Å²) in [5.41, 5.74) is 0.346. The molecule has 0 radical (unpaired) electrons. The second-order valence-corrected chi connectivity index (χ2v) is 5.48. The highest BCUT2D eigenvalue weighted by atomic mass is 16.3. The number of aromatic amines is 2. The van der Waals surface area contributed by atoms with Gasteiger partial charge in [0, 0.05) is 12.6 Å². The Labute approximate surface area is 127 Å². The van der Waals surface area contributed by atoms with E-state index in [1.165, 1.54) is 0 Å². The largest absolute Gasteiger partial charge is 0.388 e. The second-order valence-electron chi connectivity index (χ2n) is 5.48. The molecular weight excluding hydrogens is 284 g/mol. The minimum Gasteiger partial charge on any atom is -0.388 e. The molecule has 0 bridgehead atoms. The van der Waals surface area contributed by atoms with Crippen molar-refractivity contribution in [2.45, 2.75) is 31.4 Å². The topological polar surface area (TPSA) is 102 Å². The monoisotopic (exact) mass is 302 g/mol. The van der Waals surface area contributed by atoms with E-state index in [2.05, 4.69) is 15.2 Å². The lowest BCUT2D eigenvalue weighted by molar-refractivity contribution is 0.0655. The first-order valence-corrected chi connectivity index (χ1v) is 7.34. The quantitative estimate of drug-likeness (QED) is 0.778. The number of benzene rings is 1. The Bertz CT molecular complexity index is 694. The van der Waals surface area contributed by atoms with Gasteiger partial charge in [0.1, 0.15) is 0 Å². The van der Waals surface area contributed by atoms with Gasteiger partial charge in [0.15, 0.2) is 0 Å². The zero-order chi connectivity index (χ0) is 15.5. The molecule has 3 rings (SSSR count). The van der Waals surface area contributed by atoms with Crippen molar-refractivity contribution in [1.82, 2.24) is 20.1 Å². The van der Waals surface area contributed by atoms with E-state index >= 15 is 0 Å². The fourth-order valence-corrected chi connectivity index (χ4v) is 2.92. The highest BCUT2D eigenvalue weighted by Crippen LogP contribution is 2.28. The Kier molecular flexibility index (Phi) is 4.06. The highest BCUT2D eigenvalue weighted by molar-refractivity contribution is 5.90. The Morgan fingerprint density at radius 3 is 2.86 bits per heavy atom. The van der Waals surface area contributed by atoms with Crippen molar-refractivity contribution in [3.63, 3.8) is 0 Å². The van der Waals surface area contributed by atoms with Crippen molar-refractivity contribution in [2.24, 2.45) is 0 Å². The number of nitrogens with zero attached hydrogens (tertiary/aromatic N) is 2. The van der Waals surface area contributed by atoms with Gasteiger partial charge in [-0.15, -0.1) is 5.10 Å². The van der Waals surface area contributed by atoms with Crippen LogP contribution in [0.3, 0.4) is 0 Å². The number of hydrogen-bond acceptors (Lipinski definition) is 4. The van der Waals surface area contributed by atoms with Gasteiger partial charge in [-0.1, -0.05) is 30.3 Å². The maximum atomic E-state index is 12.4. The summed E-state index contributed by atoms with van der Waals surface area (Å²) in [6.45, 7) is 0.611. The summed E-state index contributed by atoms with van der Waals surface area (Å²) in [6, 6.07) is 9.35. The van der Waals surface area contributed by atoms with E-state index in [4.69, 9.17) is 0 Å². The number of hydrogen-bond donors (Lipinski definition) is 3. The second kappa shape index (κ2) is 6.15. The van der Waals surface area contributed by atoms with Crippen molar-refractivity contribution in [1.29, 1.82) is 0 Å². The van der Waals surface area contributed by atoms with Crippen LogP contribution in [0.25, 0.3) is 0 Å². The van der Waals surface area contributed by atoms with Gasteiger partial charge in [-0.25, -0.2) is 9.89 Å². The van der Waals surface area contributed by atoms with Crippen molar-refractivity contribution >= 4 is 5.91 Å². The van der Waals surface area contributed by atoms with Gasteiger partial charge >= 0.3 is 5.69 Å². The molecule has 2 heterocycles. The van der Waals surface area contributed by atoms with E-state index < -0.39 is 11.8 Å². The summed E-state index contributed by atoms with van der Waals surface area (Å²) in [5.74, 6) is -0.285. The summed E-state index contributed by atoms with van der Waals surface area (Å²) in [6.07, 6.45) is 1.58. The maximum absolute atomic E-state index is 12.4. The number of H-pyrrole nitrogens is 2. The molecule has 0 saturated carbocycles. The molecule has 2 atom stereocenters. The summed E-state index contributed by atoms with van der Waals surface area (Å²) in [7, 11) is 0. The first-order valence-electron chi connectivity index (χ1n) is 7.34. The molecule has 2 aromatic rings. The lowest BCUT2D eigenvalue weighted by Crippen LogP contribution is -2.37. The Morgan fingerprint density at radius 2 is 2.18 bits per heavy atom. The molecule has 0 aliphatic carbocycles. The highest BCUT2D eigenvalue weighted by Gasteiger charge is 2.32. The number of carbonyl (C=O) groups excluding carboxylic acids is 1. The molecule has 22 heavy (non-hydrogen) atoms. The molecule has 7 nitrogen and oxygen atoms in total.